The maximum Gasteiger partial charge on any atom is 0.574 e. The van der Waals surface area contributed by atoms with Gasteiger partial charge in [-0.15, -0.1) is 13.2 Å². The predicted octanol–water partition coefficient (Wildman–Crippen LogP) is 3.92. The molecule has 0 aliphatic rings. The van der Waals surface area contributed by atoms with Crippen LogP contribution < -0.4 is 4.74 Å². The molecule has 0 saturated carbocycles. The van der Waals surface area contributed by atoms with Crippen molar-refractivity contribution >= 4 is 21.9 Å². The molecule has 1 aromatic heterocycles. The van der Waals surface area contributed by atoms with Crippen molar-refractivity contribution in [2.24, 2.45) is 0 Å². The Labute approximate surface area is 130 Å². The largest absolute Gasteiger partial charge is 0.574 e. The van der Waals surface area contributed by atoms with Crippen molar-refractivity contribution in [3.05, 3.63) is 22.9 Å². The lowest BCUT2D eigenvalue weighted by Gasteiger charge is -2.15. The van der Waals surface area contributed by atoms with Crippen molar-refractivity contribution in [1.29, 1.82) is 0 Å². The normalized spacial score (nSPS) is 11.6. The van der Waals surface area contributed by atoms with Crippen LogP contribution in [-0.4, -0.2) is 23.9 Å². The van der Waals surface area contributed by atoms with Crippen LogP contribution in [0, 0.1) is 0 Å². The van der Waals surface area contributed by atoms with Gasteiger partial charge in [0, 0.05) is 17.0 Å². The third-order valence-corrected chi connectivity index (χ3v) is 2.99. The number of halogens is 6. The zero-order chi connectivity index (χ0) is 16.9. The fraction of sp³-hybridized carbons (Fsp3) is 0.500. The zero-order valence-corrected chi connectivity index (χ0v) is 12.8. The number of nitrogens with zero attached hydrogens (tertiary/aromatic N) is 1. The average Bonchev–Trinajstić information content (AvgIpc) is 2.36. The van der Waals surface area contributed by atoms with Crippen LogP contribution >= 0.6 is 15.9 Å². The van der Waals surface area contributed by atoms with Gasteiger partial charge in [0.1, 0.15) is 0 Å². The topological polar surface area (TPSA) is 48.4 Å². The van der Waals surface area contributed by atoms with Gasteiger partial charge in [0.05, 0.1) is 18.7 Å². The summed E-state index contributed by atoms with van der Waals surface area (Å²) < 4.78 is 70.8. The van der Waals surface area contributed by atoms with Crippen LogP contribution in [0.15, 0.2) is 6.07 Å². The van der Waals surface area contributed by atoms with Crippen molar-refractivity contribution in [2.75, 3.05) is 6.61 Å². The minimum absolute atomic E-state index is 0.0446. The van der Waals surface area contributed by atoms with Crippen molar-refractivity contribution in [3.63, 3.8) is 0 Å². The predicted molar refractivity (Wildman–Crippen MR) is 68.8 cm³/mol. The molecule has 1 heterocycles. The molecule has 1 rings (SSSR count). The summed E-state index contributed by atoms with van der Waals surface area (Å²) in [7, 11) is 0. The quantitative estimate of drug-likeness (QED) is 0.419. The number of aromatic nitrogens is 1. The summed E-state index contributed by atoms with van der Waals surface area (Å²) in [4.78, 5) is 14.9. The third kappa shape index (κ3) is 5.39. The summed E-state index contributed by atoms with van der Waals surface area (Å²) in [5.41, 5.74) is -1.02. The van der Waals surface area contributed by atoms with Gasteiger partial charge in [-0.2, -0.15) is 0 Å². The molecule has 0 spiro atoms. The maximum absolute atomic E-state index is 13.0. The maximum atomic E-state index is 13.0. The van der Waals surface area contributed by atoms with Gasteiger partial charge in [-0.1, -0.05) is 15.9 Å². The number of hydrogen-bond acceptors (Lipinski definition) is 4. The van der Waals surface area contributed by atoms with Gasteiger partial charge in [-0.25, -0.2) is 13.8 Å². The highest BCUT2D eigenvalue weighted by Gasteiger charge is 2.33. The summed E-state index contributed by atoms with van der Waals surface area (Å²) in [5, 5.41) is -0.110. The molecular weight excluding hydrogens is 381 g/mol. The van der Waals surface area contributed by atoms with Gasteiger partial charge in [0.15, 0.2) is 0 Å². The molecule has 0 amide bonds. The first-order valence-corrected chi connectivity index (χ1v) is 7.08. The molecule has 1 aromatic rings. The molecule has 0 aromatic carbocycles. The van der Waals surface area contributed by atoms with Gasteiger partial charge >= 0.3 is 12.3 Å². The molecule has 0 aliphatic carbocycles. The second kappa shape index (κ2) is 7.70. The second-order valence-electron chi connectivity index (χ2n) is 3.94. The average molecular weight is 392 g/mol. The lowest BCUT2D eigenvalue weighted by Crippen LogP contribution is -2.20. The fourth-order valence-electron chi connectivity index (χ4n) is 1.63. The molecule has 0 saturated heterocycles. The molecule has 10 heteroatoms. The Morgan fingerprint density at radius 3 is 2.50 bits per heavy atom. The molecule has 0 atom stereocenters. The highest BCUT2D eigenvalue weighted by molar-refractivity contribution is 9.08. The molecular formula is C12H11BrF5NO3. The summed E-state index contributed by atoms with van der Waals surface area (Å²) in [6.07, 6.45) is -8.67. The number of ether oxygens (including phenoxy) is 2. The molecule has 22 heavy (non-hydrogen) atoms. The first-order valence-electron chi connectivity index (χ1n) is 5.96. The van der Waals surface area contributed by atoms with E-state index in [1.54, 1.807) is 0 Å². The number of rotatable bonds is 6. The molecule has 0 bridgehead atoms. The lowest BCUT2D eigenvalue weighted by molar-refractivity contribution is -0.276. The van der Waals surface area contributed by atoms with E-state index in [1.807, 2.05) is 0 Å². The summed E-state index contributed by atoms with van der Waals surface area (Å²) in [6, 6.07) is 0.503. The van der Waals surface area contributed by atoms with Gasteiger partial charge < -0.3 is 9.47 Å². The van der Waals surface area contributed by atoms with Crippen LogP contribution in [0.25, 0.3) is 0 Å². The smallest absolute Gasteiger partial charge is 0.466 e. The molecule has 124 valence electrons. The number of hydrogen-bond donors (Lipinski definition) is 0. The van der Waals surface area contributed by atoms with Crippen molar-refractivity contribution in [2.45, 2.75) is 31.5 Å². The van der Waals surface area contributed by atoms with E-state index in [0.717, 1.165) is 0 Å². The molecule has 0 aliphatic heterocycles. The second-order valence-corrected chi connectivity index (χ2v) is 4.50. The van der Waals surface area contributed by atoms with Crippen molar-refractivity contribution < 1.29 is 36.2 Å². The highest BCUT2D eigenvalue weighted by Crippen LogP contribution is 2.32. The highest BCUT2D eigenvalue weighted by atomic mass is 79.9. The van der Waals surface area contributed by atoms with E-state index in [4.69, 9.17) is 0 Å². The zero-order valence-electron chi connectivity index (χ0n) is 11.2. The monoisotopic (exact) mass is 391 g/mol. The van der Waals surface area contributed by atoms with Crippen LogP contribution in [0.4, 0.5) is 22.0 Å². The minimum atomic E-state index is -5.08. The Morgan fingerprint density at radius 1 is 1.41 bits per heavy atom. The van der Waals surface area contributed by atoms with E-state index >= 15 is 0 Å². The van der Waals surface area contributed by atoms with E-state index in [2.05, 4.69) is 30.4 Å². The van der Waals surface area contributed by atoms with Gasteiger partial charge in [-0.3, -0.25) is 4.79 Å². The Hall–Kier alpha value is -1.45. The van der Waals surface area contributed by atoms with Gasteiger partial charge in [0.2, 0.25) is 5.88 Å². The lowest BCUT2D eigenvalue weighted by atomic mass is 10.1. The standard InChI is InChI=1S/C12H11BrF5NO3/c1-2-21-10(20)4-8-7(5-13)6(11(14)15)3-9(19-8)22-12(16,17)18/h3,11H,2,4-5H2,1H3. The fourth-order valence-corrected chi connectivity index (χ4v) is 2.28. The summed E-state index contributed by atoms with van der Waals surface area (Å²) >= 11 is 2.95. The van der Waals surface area contributed by atoms with Crippen LogP contribution in [0.1, 0.15) is 30.2 Å². The van der Waals surface area contributed by atoms with E-state index in [9.17, 15) is 26.7 Å². The van der Waals surface area contributed by atoms with Crippen LogP contribution in [-0.2, 0) is 21.3 Å². The van der Waals surface area contributed by atoms with E-state index < -0.39 is 36.6 Å². The summed E-state index contributed by atoms with van der Waals surface area (Å²) in [6.45, 7) is 1.58. The number of alkyl halides is 6. The van der Waals surface area contributed by atoms with Crippen molar-refractivity contribution in [3.8, 4) is 5.88 Å². The first-order chi connectivity index (χ1) is 10.2. The number of carbonyl (C=O) groups excluding carboxylic acids is 1. The van der Waals surface area contributed by atoms with Crippen molar-refractivity contribution in [1.82, 2.24) is 4.98 Å². The summed E-state index contributed by atoms with van der Waals surface area (Å²) in [5.74, 6) is -1.84. The molecule has 0 fully saturated rings. The Balaban J connectivity index is 3.28. The Morgan fingerprint density at radius 2 is 2.05 bits per heavy atom. The van der Waals surface area contributed by atoms with Crippen LogP contribution in [0.3, 0.4) is 0 Å². The Kier molecular flexibility index (Phi) is 6.51. The van der Waals surface area contributed by atoms with E-state index in [-0.39, 0.29) is 23.2 Å². The number of pyridine rings is 1. The molecule has 4 nitrogen and oxygen atoms in total. The molecule has 0 unspecified atom stereocenters. The van der Waals surface area contributed by atoms with Crippen LogP contribution in [0.2, 0.25) is 0 Å². The van der Waals surface area contributed by atoms with E-state index in [0.29, 0.717) is 6.07 Å². The molecule has 0 N–H and O–H groups in total. The van der Waals surface area contributed by atoms with Crippen LogP contribution in [0.5, 0.6) is 5.88 Å². The number of carbonyl (C=O) groups is 1. The number of esters is 1. The van der Waals surface area contributed by atoms with Gasteiger partial charge in [-0.05, 0) is 12.5 Å². The van der Waals surface area contributed by atoms with Gasteiger partial charge in [0.25, 0.3) is 6.43 Å². The Bertz CT molecular complexity index is 536. The minimum Gasteiger partial charge on any atom is -0.466 e. The third-order valence-electron chi connectivity index (χ3n) is 2.43. The van der Waals surface area contributed by atoms with E-state index in [1.165, 1.54) is 6.92 Å². The molecule has 0 radical (unpaired) electrons. The SMILES string of the molecule is CCOC(=O)Cc1nc(OC(F)(F)F)cc(C(F)F)c1CBr. The first kappa shape index (κ1) is 18.6.